The number of nitrogens with one attached hydrogen (secondary N) is 3. The largest absolute Gasteiger partial charge is 0.480 e. The molecular weight excluding hydrogens is 492 g/mol. The molecule has 0 aliphatic rings. The third-order valence-electron chi connectivity index (χ3n) is 6.31. The smallest absolute Gasteiger partial charge is 0.326 e. The summed E-state index contributed by atoms with van der Waals surface area (Å²) in [6.07, 6.45) is 1.93. The highest BCUT2D eigenvalue weighted by atomic mass is 16.4. The fourth-order valence-corrected chi connectivity index (χ4v) is 3.74. The van der Waals surface area contributed by atoms with Crippen molar-refractivity contribution in [1.29, 1.82) is 0 Å². The molecule has 0 heterocycles. The summed E-state index contributed by atoms with van der Waals surface area (Å²) in [5.74, 6) is -4.00. The molecule has 0 saturated carbocycles. The molecule has 1 rings (SSSR count). The lowest BCUT2D eigenvalue weighted by Gasteiger charge is -2.28. The second-order valence-corrected chi connectivity index (χ2v) is 9.42. The van der Waals surface area contributed by atoms with Gasteiger partial charge in [0.25, 0.3) is 0 Å². The third kappa shape index (κ3) is 11.7. The fraction of sp³-hybridized carbons (Fsp3) is 0.577. The highest BCUT2D eigenvalue weighted by Gasteiger charge is 2.32. The van der Waals surface area contributed by atoms with Gasteiger partial charge in [0, 0.05) is 12.8 Å². The maximum Gasteiger partial charge on any atom is 0.326 e. The summed E-state index contributed by atoms with van der Waals surface area (Å²) in [5.41, 5.74) is 17.3. The van der Waals surface area contributed by atoms with Crippen LogP contribution in [0.1, 0.15) is 57.9 Å². The molecular formula is C26H42N6O6. The number of carboxylic acid groups (broad SMARTS) is 1. The average molecular weight is 535 g/mol. The number of aliphatic carboxylic acids is 1. The summed E-state index contributed by atoms with van der Waals surface area (Å²) in [5, 5.41) is 17.5. The Morgan fingerprint density at radius 1 is 0.895 bits per heavy atom. The first-order chi connectivity index (χ1) is 18.0. The van der Waals surface area contributed by atoms with Gasteiger partial charge < -0.3 is 38.3 Å². The maximum absolute atomic E-state index is 13.2. The van der Waals surface area contributed by atoms with Crippen molar-refractivity contribution in [2.24, 2.45) is 23.1 Å². The van der Waals surface area contributed by atoms with E-state index in [4.69, 9.17) is 17.2 Å². The Labute approximate surface area is 223 Å². The SMILES string of the molecule is CCC(C)C(NC(=O)C(CCCCN)NC(=O)C(N)CCC(N)=O)C(=O)NC(Cc1ccccc1)C(=O)O. The van der Waals surface area contributed by atoms with Crippen LogP contribution in [-0.4, -0.2) is 65.4 Å². The number of amides is 4. The van der Waals surface area contributed by atoms with Crippen molar-refractivity contribution in [3.8, 4) is 0 Å². The van der Waals surface area contributed by atoms with E-state index in [-0.39, 0.29) is 31.6 Å². The van der Waals surface area contributed by atoms with Crippen molar-refractivity contribution in [3.05, 3.63) is 35.9 Å². The molecule has 0 radical (unpaired) electrons. The number of unbranched alkanes of at least 4 members (excludes halogenated alkanes) is 1. The van der Waals surface area contributed by atoms with Crippen molar-refractivity contribution in [2.75, 3.05) is 6.54 Å². The number of primary amides is 1. The fourth-order valence-electron chi connectivity index (χ4n) is 3.74. The Hall–Kier alpha value is -3.51. The number of carbonyl (C=O) groups is 5. The van der Waals surface area contributed by atoms with Crippen molar-refractivity contribution in [2.45, 2.75) is 83.0 Å². The molecule has 5 atom stereocenters. The molecule has 0 bridgehead atoms. The zero-order chi connectivity index (χ0) is 28.7. The monoisotopic (exact) mass is 534 g/mol. The second kappa shape index (κ2) is 17.1. The van der Waals surface area contributed by atoms with E-state index >= 15 is 0 Å². The minimum Gasteiger partial charge on any atom is -0.480 e. The molecule has 4 amide bonds. The van der Waals surface area contributed by atoms with Gasteiger partial charge in [0.1, 0.15) is 18.1 Å². The van der Waals surface area contributed by atoms with E-state index in [1.165, 1.54) is 0 Å². The van der Waals surface area contributed by atoms with Gasteiger partial charge in [0.2, 0.25) is 23.6 Å². The summed E-state index contributed by atoms with van der Waals surface area (Å²) in [7, 11) is 0. The minimum atomic E-state index is -1.20. The van der Waals surface area contributed by atoms with Crippen LogP contribution in [-0.2, 0) is 30.4 Å². The van der Waals surface area contributed by atoms with E-state index in [9.17, 15) is 29.1 Å². The summed E-state index contributed by atoms with van der Waals surface area (Å²) < 4.78 is 0. The lowest BCUT2D eigenvalue weighted by Crippen LogP contribution is -2.58. The number of nitrogens with two attached hydrogens (primary N) is 3. The first kappa shape index (κ1) is 32.5. The van der Waals surface area contributed by atoms with Gasteiger partial charge in [-0.3, -0.25) is 19.2 Å². The molecule has 0 fully saturated rings. The summed E-state index contributed by atoms with van der Waals surface area (Å²) in [6, 6.07) is 4.59. The van der Waals surface area contributed by atoms with Crippen LogP contribution in [0.2, 0.25) is 0 Å². The Morgan fingerprint density at radius 2 is 1.53 bits per heavy atom. The standard InChI is InChI=1S/C26H42N6O6/c1-3-16(2)22(25(36)31-20(26(37)38)15-17-9-5-4-6-10-17)32-24(35)19(11-7-8-14-27)30-23(34)18(28)12-13-21(29)33/h4-6,9-10,16,18-20,22H,3,7-8,11-15,27-28H2,1-2H3,(H2,29,33)(H,30,34)(H,31,36)(H,32,35)(H,37,38). The Balaban J connectivity index is 3.01. The van der Waals surface area contributed by atoms with Crippen molar-refractivity contribution in [1.82, 2.24) is 16.0 Å². The number of benzene rings is 1. The summed E-state index contributed by atoms with van der Waals surface area (Å²) in [6.45, 7) is 4.00. The topological polar surface area (TPSA) is 220 Å². The number of hydrogen-bond donors (Lipinski definition) is 7. The van der Waals surface area contributed by atoms with Gasteiger partial charge in [-0.05, 0) is 43.7 Å². The Bertz CT molecular complexity index is 928. The van der Waals surface area contributed by atoms with E-state index in [0.29, 0.717) is 25.8 Å². The van der Waals surface area contributed by atoms with Gasteiger partial charge in [-0.25, -0.2) is 4.79 Å². The maximum atomic E-state index is 13.2. The molecule has 38 heavy (non-hydrogen) atoms. The van der Waals surface area contributed by atoms with Gasteiger partial charge in [0.15, 0.2) is 0 Å². The molecule has 1 aromatic rings. The van der Waals surface area contributed by atoms with E-state index in [1.54, 1.807) is 37.3 Å². The lowest BCUT2D eigenvalue weighted by atomic mass is 9.96. The first-order valence-corrected chi connectivity index (χ1v) is 12.9. The molecule has 1 aromatic carbocycles. The average Bonchev–Trinajstić information content (AvgIpc) is 2.89. The highest BCUT2D eigenvalue weighted by Crippen LogP contribution is 2.12. The van der Waals surface area contributed by atoms with Crippen LogP contribution in [0.15, 0.2) is 30.3 Å². The van der Waals surface area contributed by atoms with Crippen molar-refractivity contribution < 1.29 is 29.1 Å². The van der Waals surface area contributed by atoms with Crippen LogP contribution in [0, 0.1) is 5.92 Å². The lowest BCUT2D eigenvalue weighted by molar-refractivity contribution is -0.142. The van der Waals surface area contributed by atoms with Crippen molar-refractivity contribution in [3.63, 3.8) is 0 Å². The normalized spacial score (nSPS) is 14.8. The predicted molar refractivity (Wildman–Crippen MR) is 142 cm³/mol. The molecule has 0 spiro atoms. The van der Waals surface area contributed by atoms with E-state index in [0.717, 1.165) is 5.56 Å². The van der Waals surface area contributed by atoms with Gasteiger partial charge >= 0.3 is 5.97 Å². The molecule has 10 N–H and O–H groups in total. The van der Waals surface area contributed by atoms with Crippen LogP contribution < -0.4 is 33.2 Å². The third-order valence-corrected chi connectivity index (χ3v) is 6.31. The minimum absolute atomic E-state index is 0.0220. The van der Waals surface area contributed by atoms with E-state index in [2.05, 4.69) is 16.0 Å². The molecule has 0 saturated heterocycles. The molecule has 5 unspecified atom stereocenters. The van der Waals surface area contributed by atoms with Crippen LogP contribution in [0.3, 0.4) is 0 Å². The molecule has 12 nitrogen and oxygen atoms in total. The molecule has 212 valence electrons. The number of carboxylic acids is 1. The highest BCUT2D eigenvalue weighted by molar-refractivity contribution is 5.94. The van der Waals surface area contributed by atoms with E-state index < -0.39 is 53.8 Å². The molecule has 12 heteroatoms. The van der Waals surface area contributed by atoms with Gasteiger partial charge in [-0.2, -0.15) is 0 Å². The molecule has 0 aliphatic carbocycles. The predicted octanol–water partition coefficient (Wildman–Crippen LogP) is -0.464. The van der Waals surface area contributed by atoms with Gasteiger partial charge in [-0.1, -0.05) is 50.6 Å². The van der Waals surface area contributed by atoms with E-state index in [1.807, 2.05) is 6.92 Å². The molecule has 0 aromatic heterocycles. The van der Waals surface area contributed by atoms with Gasteiger partial charge in [-0.15, -0.1) is 0 Å². The first-order valence-electron chi connectivity index (χ1n) is 12.9. The number of carbonyl (C=O) groups excluding carboxylic acids is 4. The summed E-state index contributed by atoms with van der Waals surface area (Å²) in [4.78, 5) is 61.9. The van der Waals surface area contributed by atoms with Gasteiger partial charge in [0.05, 0.1) is 6.04 Å². The molecule has 0 aliphatic heterocycles. The number of rotatable bonds is 18. The van der Waals surface area contributed by atoms with Crippen LogP contribution in [0.5, 0.6) is 0 Å². The zero-order valence-corrected chi connectivity index (χ0v) is 22.2. The van der Waals surface area contributed by atoms with Crippen LogP contribution in [0.4, 0.5) is 0 Å². The summed E-state index contributed by atoms with van der Waals surface area (Å²) >= 11 is 0. The van der Waals surface area contributed by atoms with Crippen molar-refractivity contribution >= 4 is 29.6 Å². The number of hydrogen-bond acceptors (Lipinski definition) is 7. The van der Waals surface area contributed by atoms with Crippen LogP contribution >= 0.6 is 0 Å². The van der Waals surface area contributed by atoms with Crippen LogP contribution in [0.25, 0.3) is 0 Å². The Kier molecular flexibility index (Phi) is 14.6. The quantitative estimate of drug-likeness (QED) is 0.122. The zero-order valence-electron chi connectivity index (χ0n) is 22.2. The second-order valence-electron chi connectivity index (χ2n) is 9.42. The Morgan fingerprint density at radius 3 is 2.08 bits per heavy atom.